The molecule has 6 heteroatoms. The number of anilines is 1. The van der Waals surface area contributed by atoms with Crippen molar-refractivity contribution in [3.8, 4) is 5.75 Å². The number of nitrogens with one attached hydrogen (secondary N) is 1. The predicted octanol–water partition coefficient (Wildman–Crippen LogP) is 4.52. The summed E-state index contributed by atoms with van der Waals surface area (Å²) in [6, 6.07) is 21.0. The molecule has 0 atom stereocenters. The molecular formula is C25H22N2O4. The van der Waals surface area contributed by atoms with Crippen LogP contribution in [0.1, 0.15) is 50.0 Å². The standard InChI is InChI=1S/C25H22N2O4/c1-2-14-31-22-13-6-5-12-21(22)26-23(28)18-9-7-8-17(15-18)16-27-24(29)19-10-3-4-11-20(19)25(27)30/h3-13,15H,2,14,16H2,1H3,(H,26,28). The largest absolute Gasteiger partial charge is 0.491 e. The SMILES string of the molecule is CCCOc1ccccc1NC(=O)c1cccc(CN2C(=O)c3ccccc3C2=O)c1. The minimum Gasteiger partial charge on any atom is -0.491 e. The summed E-state index contributed by atoms with van der Waals surface area (Å²) in [6.45, 7) is 2.67. The number of imide groups is 1. The van der Waals surface area contributed by atoms with Crippen molar-refractivity contribution in [2.45, 2.75) is 19.9 Å². The lowest BCUT2D eigenvalue weighted by Crippen LogP contribution is -2.29. The van der Waals surface area contributed by atoms with E-state index in [-0.39, 0.29) is 24.3 Å². The van der Waals surface area contributed by atoms with E-state index < -0.39 is 0 Å². The third-order valence-electron chi connectivity index (χ3n) is 5.00. The van der Waals surface area contributed by atoms with Crippen molar-refractivity contribution in [2.75, 3.05) is 11.9 Å². The van der Waals surface area contributed by atoms with Gasteiger partial charge in [0.1, 0.15) is 5.75 Å². The molecule has 31 heavy (non-hydrogen) atoms. The third kappa shape index (κ3) is 4.19. The molecular weight excluding hydrogens is 392 g/mol. The van der Waals surface area contributed by atoms with Crippen LogP contribution < -0.4 is 10.1 Å². The lowest BCUT2D eigenvalue weighted by atomic mass is 10.1. The van der Waals surface area contributed by atoms with Crippen molar-refractivity contribution in [3.05, 3.63) is 95.1 Å². The molecule has 3 aromatic carbocycles. The summed E-state index contributed by atoms with van der Waals surface area (Å²) in [5.74, 6) is -0.327. The van der Waals surface area contributed by atoms with Crippen LogP contribution in [0.2, 0.25) is 0 Å². The van der Waals surface area contributed by atoms with E-state index in [1.165, 1.54) is 4.90 Å². The van der Waals surface area contributed by atoms with E-state index in [2.05, 4.69) is 5.32 Å². The maximum Gasteiger partial charge on any atom is 0.261 e. The molecule has 1 heterocycles. The van der Waals surface area contributed by atoms with E-state index in [9.17, 15) is 14.4 Å². The fourth-order valence-corrected chi connectivity index (χ4v) is 3.48. The van der Waals surface area contributed by atoms with Gasteiger partial charge in [0.05, 0.1) is 30.0 Å². The molecule has 1 N–H and O–H groups in total. The molecule has 1 aliphatic rings. The quantitative estimate of drug-likeness (QED) is 0.577. The Morgan fingerprint density at radius 2 is 1.58 bits per heavy atom. The van der Waals surface area contributed by atoms with E-state index in [1.54, 1.807) is 54.6 Å². The molecule has 0 radical (unpaired) electrons. The molecule has 156 valence electrons. The van der Waals surface area contributed by atoms with Crippen molar-refractivity contribution < 1.29 is 19.1 Å². The average molecular weight is 414 g/mol. The van der Waals surface area contributed by atoms with Crippen molar-refractivity contribution >= 4 is 23.4 Å². The van der Waals surface area contributed by atoms with Gasteiger partial charge in [-0.05, 0) is 48.4 Å². The van der Waals surface area contributed by atoms with E-state index in [0.717, 1.165) is 6.42 Å². The van der Waals surface area contributed by atoms with Crippen LogP contribution in [0, 0.1) is 0 Å². The summed E-state index contributed by atoms with van der Waals surface area (Å²) >= 11 is 0. The van der Waals surface area contributed by atoms with Crippen molar-refractivity contribution in [1.29, 1.82) is 0 Å². The molecule has 0 saturated heterocycles. The highest BCUT2D eigenvalue weighted by molar-refractivity contribution is 6.21. The highest BCUT2D eigenvalue weighted by atomic mass is 16.5. The molecule has 0 unspecified atom stereocenters. The number of fused-ring (bicyclic) bond motifs is 1. The molecule has 3 aromatic rings. The summed E-state index contributed by atoms with van der Waals surface area (Å²) in [5.41, 5.74) is 2.53. The predicted molar refractivity (Wildman–Crippen MR) is 117 cm³/mol. The highest BCUT2D eigenvalue weighted by Gasteiger charge is 2.35. The van der Waals surface area contributed by atoms with Crippen LogP contribution in [0.5, 0.6) is 5.75 Å². The Kier molecular flexibility index (Phi) is 5.80. The zero-order valence-corrected chi connectivity index (χ0v) is 17.1. The van der Waals surface area contributed by atoms with Crippen molar-refractivity contribution in [2.24, 2.45) is 0 Å². The molecule has 0 bridgehead atoms. The highest BCUT2D eigenvalue weighted by Crippen LogP contribution is 2.26. The van der Waals surface area contributed by atoms with E-state index >= 15 is 0 Å². The number of para-hydroxylation sites is 2. The van der Waals surface area contributed by atoms with Crippen LogP contribution in [0.4, 0.5) is 5.69 Å². The van der Waals surface area contributed by atoms with Gasteiger partial charge in [-0.1, -0.05) is 43.3 Å². The first-order valence-electron chi connectivity index (χ1n) is 10.2. The molecule has 0 aliphatic carbocycles. The number of amides is 3. The first-order chi connectivity index (χ1) is 15.1. The summed E-state index contributed by atoms with van der Waals surface area (Å²) in [7, 11) is 0. The molecule has 4 rings (SSSR count). The normalized spacial score (nSPS) is 12.6. The molecule has 0 aromatic heterocycles. The summed E-state index contributed by atoms with van der Waals surface area (Å²) in [4.78, 5) is 39.2. The lowest BCUT2D eigenvalue weighted by Gasteiger charge is -2.15. The van der Waals surface area contributed by atoms with E-state index in [4.69, 9.17) is 4.74 Å². The van der Waals surface area contributed by atoms with Crippen molar-refractivity contribution in [1.82, 2.24) is 4.90 Å². The number of nitrogens with zero attached hydrogens (tertiary/aromatic N) is 1. The second-order valence-electron chi connectivity index (χ2n) is 7.24. The van der Waals surface area contributed by atoms with Crippen LogP contribution in [-0.2, 0) is 6.54 Å². The smallest absolute Gasteiger partial charge is 0.261 e. The second-order valence-corrected chi connectivity index (χ2v) is 7.24. The van der Waals surface area contributed by atoms with Crippen LogP contribution in [-0.4, -0.2) is 29.2 Å². The number of carbonyl (C=O) groups is 3. The molecule has 0 saturated carbocycles. The van der Waals surface area contributed by atoms with Crippen LogP contribution in [0.15, 0.2) is 72.8 Å². The third-order valence-corrected chi connectivity index (χ3v) is 5.00. The maximum absolute atomic E-state index is 12.8. The van der Waals surface area contributed by atoms with Gasteiger partial charge in [-0.15, -0.1) is 0 Å². The van der Waals surface area contributed by atoms with Gasteiger partial charge in [0.25, 0.3) is 17.7 Å². The summed E-state index contributed by atoms with van der Waals surface area (Å²) in [6.07, 6.45) is 0.863. The molecule has 0 spiro atoms. The van der Waals surface area contributed by atoms with Gasteiger partial charge in [-0.3, -0.25) is 19.3 Å². The van der Waals surface area contributed by atoms with Crippen molar-refractivity contribution in [3.63, 3.8) is 0 Å². The number of benzene rings is 3. The van der Waals surface area contributed by atoms with Gasteiger partial charge in [0.2, 0.25) is 0 Å². The maximum atomic E-state index is 12.8. The van der Waals surface area contributed by atoms with Gasteiger partial charge in [0.15, 0.2) is 0 Å². The Labute approximate surface area is 180 Å². The molecule has 1 aliphatic heterocycles. The van der Waals surface area contributed by atoms with Gasteiger partial charge in [-0.2, -0.15) is 0 Å². The zero-order valence-electron chi connectivity index (χ0n) is 17.1. The summed E-state index contributed by atoms with van der Waals surface area (Å²) < 4.78 is 5.69. The van der Waals surface area contributed by atoms with Gasteiger partial charge in [-0.25, -0.2) is 0 Å². The lowest BCUT2D eigenvalue weighted by molar-refractivity contribution is 0.0642. The number of ether oxygens (including phenoxy) is 1. The number of hydrogen-bond donors (Lipinski definition) is 1. The average Bonchev–Trinajstić information content (AvgIpc) is 3.04. The first-order valence-corrected chi connectivity index (χ1v) is 10.2. The van der Waals surface area contributed by atoms with Gasteiger partial charge >= 0.3 is 0 Å². The van der Waals surface area contributed by atoms with Crippen LogP contribution >= 0.6 is 0 Å². The van der Waals surface area contributed by atoms with Gasteiger partial charge < -0.3 is 10.1 Å². The molecule has 3 amide bonds. The minimum atomic E-state index is -0.322. The Balaban J connectivity index is 1.50. The fourth-order valence-electron chi connectivity index (χ4n) is 3.48. The summed E-state index contributed by atoms with van der Waals surface area (Å²) in [5, 5.41) is 2.88. The fraction of sp³-hybridized carbons (Fsp3) is 0.160. The van der Waals surface area contributed by atoms with Crippen LogP contribution in [0.25, 0.3) is 0 Å². The monoisotopic (exact) mass is 414 g/mol. The number of carbonyl (C=O) groups excluding carboxylic acids is 3. The second kappa shape index (κ2) is 8.83. The zero-order chi connectivity index (χ0) is 21.8. The topological polar surface area (TPSA) is 75.7 Å². The van der Waals surface area contributed by atoms with Gasteiger partial charge in [0, 0.05) is 5.56 Å². The number of hydrogen-bond acceptors (Lipinski definition) is 4. The van der Waals surface area contributed by atoms with E-state index in [0.29, 0.717) is 40.3 Å². The number of rotatable bonds is 7. The molecule has 6 nitrogen and oxygen atoms in total. The van der Waals surface area contributed by atoms with Crippen LogP contribution in [0.3, 0.4) is 0 Å². The minimum absolute atomic E-state index is 0.101. The Hall–Kier alpha value is -3.93. The Morgan fingerprint density at radius 3 is 2.29 bits per heavy atom. The van der Waals surface area contributed by atoms with E-state index in [1.807, 2.05) is 25.1 Å². The molecule has 0 fully saturated rings. The Bertz CT molecular complexity index is 1120. The first kappa shape index (κ1) is 20.3. The Morgan fingerprint density at radius 1 is 0.903 bits per heavy atom.